The van der Waals surface area contributed by atoms with Crippen LogP contribution in [0.2, 0.25) is 5.02 Å². The number of aromatic nitrogens is 2. The maximum absolute atomic E-state index is 12.2. The minimum absolute atomic E-state index is 0.00158. The first-order chi connectivity index (χ1) is 11.8. The summed E-state index contributed by atoms with van der Waals surface area (Å²) in [6.07, 6.45) is 0. The predicted octanol–water partition coefficient (Wildman–Crippen LogP) is 3.63. The third-order valence-electron chi connectivity index (χ3n) is 2.95. The van der Waals surface area contributed by atoms with Gasteiger partial charge in [0.2, 0.25) is 5.91 Å². The highest BCUT2D eigenvalue weighted by Crippen LogP contribution is 2.30. The molecular formula is C14H9BrClN3O4S2. The maximum Gasteiger partial charge on any atom is 0.322 e. The number of anilines is 1. The summed E-state index contributed by atoms with van der Waals surface area (Å²) >= 11 is 10.4. The average Bonchev–Trinajstić information content (AvgIpc) is 3.16. The Morgan fingerprint density at radius 3 is 2.56 bits per heavy atom. The summed E-state index contributed by atoms with van der Waals surface area (Å²) in [7, 11) is -3.80. The smallest absolute Gasteiger partial charge is 0.322 e. The zero-order valence-corrected chi connectivity index (χ0v) is 16.2. The van der Waals surface area contributed by atoms with E-state index >= 15 is 0 Å². The van der Waals surface area contributed by atoms with Gasteiger partial charge in [-0.05, 0) is 52.3 Å². The number of hydrogen-bond acceptors (Lipinski definition) is 7. The minimum Gasteiger partial charge on any atom is -0.402 e. The van der Waals surface area contributed by atoms with Crippen LogP contribution in [0.3, 0.4) is 0 Å². The third-order valence-corrected chi connectivity index (χ3v) is 6.45. The average molecular weight is 463 g/mol. The molecule has 0 atom stereocenters. The second-order valence-corrected chi connectivity index (χ2v) is 9.67. The Morgan fingerprint density at radius 2 is 1.92 bits per heavy atom. The van der Waals surface area contributed by atoms with Gasteiger partial charge in [-0.25, -0.2) is 8.42 Å². The molecule has 0 aliphatic carbocycles. The molecule has 2 heterocycles. The van der Waals surface area contributed by atoms with E-state index in [9.17, 15) is 13.2 Å². The van der Waals surface area contributed by atoms with Gasteiger partial charge in [-0.3, -0.25) is 10.1 Å². The van der Waals surface area contributed by atoms with Crippen LogP contribution in [0.4, 0.5) is 6.01 Å². The molecule has 0 aliphatic rings. The lowest BCUT2D eigenvalue weighted by molar-refractivity contribution is -0.114. The minimum atomic E-state index is -3.80. The first-order valence-electron chi connectivity index (χ1n) is 6.71. The quantitative estimate of drug-likeness (QED) is 0.621. The topological polar surface area (TPSA) is 102 Å². The van der Waals surface area contributed by atoms with Crippen molar-refractivity contribution in [3.8, 4) is 10.8 Å². The zero-order valence-electron chi connectivity index (χ0n) is 12.3. The Labute approximate surface area is 160 Å². The van der Waals surface area contributed by atoms with E-state index in [1.807, 2.05) is 6.07 Å². The molecule has 0 aliphatic heterocycles. The molecule has 3 aromatic rings. The van der Waals surface area contributed by atoms with Gasteiger partial charge in [0.25, 0.3) is 5.89 Å². The van der Waals surface area contributed by atoms with Crippen molar-refractivity contribution in [1.29, 1.82) is 0 Å². The van der Waals surface area contributed by atoms with Crippen LogP contribution in [0, 0.1) is 0 Å². The largest absolute Gasteiger partial charge is 0.402 e. The van der Waals surface area contributed by atoms with E-state index in [0.717, 1.165) is 3.79 Å². The summed E-state index contributed by atoms with van der Waals surface area (Å²) in [6, 6.07) is 8.98. The van der Waals surface area contributed by atoms with Crippen LogP contribution in [0.15, 0.2) is 49.5 Å². The standard InChI is InChI=1S/C14H9BrClN3O4S2/c15-11-6-5-10(24-11)13-18-19-14(23-13)17-12(20)7-25(21,22)9-3-1-8(16)2-4-9/h1-6H,7H2,(H,17,19,20). The molecule has 0 bridgehead atoms. The number of carbonyl (C=O) groups excluding carboxylic acids is 1. The van der Waals surface area contributed by atoms with Crippen LogP contribution in [-0.2, 0) is 14.6 Å². The zero-order chi connectivity index (χ0) is 18.0. The maximum atomic E-state index is 12.2. The van der Waals surface area contributed by atoms with Crippen molar-refractivity contribution in [2.24, 2.45) is 0 Å². The number of nitrogens with zero attached hydrogens (tertiary/aromatic N) is 2. The summed E-state index contributed by atoms with van der Waals surface area (Å²) in [5.41, 5.74) is 0. The van der Waals surface area contributed by atoms with E-state index < -0.39 is 21.5 Å². The van der Waals surface area contributed by atoms with E-state index in [0.29, 0.717) is 9.90 Å². The molecule has 0 spiro atoms. The molecule has 0 fully saturated rings. The van der Waals surface area contributed by atoms with E-state index in [-0.39, 0.29) is 16.8 Å². The van der Waals surface area contributed by atoms with Crippen molar-refractivity contribution in [1.82, 2.24) is 10.2 Å². The van der Waals surface area contributed by atoms with Crippen molar-refractivity contribution in [3.63, 3.8) is 0 Å². The molecule has 130 valence electrons. The lowest BCUT2D eigenvalue weighted by Gasteiger charge is -2.04. The Balaban J connectivity index is 1.68. The van der Waals surface area contributed by atoms with E-state index in [2.05, 4.69) is 31.4 Å². The monoisotopic (exact) mass is 461 g/mol. The molecular weight excluding hydrogens is 454 g/mol. The van der Waals surface area contributed by atoms with Crippen LogP contribution in [0.25, 0.3) is 10.8 Å². The molecule has 25 heavy (non-hydrogen) atoms. The van der Waals surface area contributed by atoms with Crippen molar-refractivity contribution >= 4 is 60.6 Å². The Morgan fingerprint density at radius 1 is 1.20 bits per heavy atom. The van der Waals surface area contributed by atoms with Gasteiger partial charge in [0, 0.05) is 5.02 Å². The number of hydrogen-bond donors (Lipinski definition) is 1. The lowest BCUT2D eigenvalue weighted by Crippen LogP contribution is -2.23. The van der Waals surface area contributed by atoms with Crippen LogP contribution in [0.1, 0.15) is 0 Å². The molecule has 1 aromatic carbocycles. The molecule has 1 N–H and O–H groups in total. The summed E-state index contributed by atoms with van der Waals surface area (Å²) in [5, 5.41) is 10.2. The third kappa shape index (κ3) is 4.46. The second kappa shape index (κ2) is 7.24. The summed E-state index contributed by atoms with van der Waals surface area (Å²) in [4.78, 5) is 12.7. The highest BCUT2D eigenvalue weighted by atomic mass is 79.9. The number of thiophene rings is 1. The van der Waals surface area contributed by atoms with Gasteiger partial charge in [0.1, 0.15) is 5.75 Å². The van der Waals surface area contributed by atoms with Crippen LogP contribution in [-0.4, -0.2) is 30.3 Å². The number of carbonyl (C=O) groups is 1. The van der Waals surface area contributed by atoms with Gasteiger partial charge in [-0.2, -0.15) is 0 Å². The Bertz CT molecular complexity index is 1010. The molecule has 7 nitrogen and oxygen atoms in total. The number of halogens is 2. The van der Waals surface area contributed by atoms with Gasteiger partial charge >= 0.3 is 6.01 Å². The molecule has 11 heteroatoms. The van der Waals surface area contributed by atoms with Gasteiger partial charge in [0.05, 0.1) is 13.6 Å². The summed E-state index contributed by atoms with van der Waals surface area (Å²) in [5.74, 6) is -1.30. The van der Waals surface area contributed by atoms with Crippen molar-refractivity contribution in [3.05, 3.63) is 45.2 Å². The number of rotatable bonds is 5. The normalized spacial score (nSPS) is 11.4. The second-order valence-electron chi connectivity index (χ2n) is 4.78. The van der Waals surface area contributed by atoms with Crippen molar-refractivity contribution in [2.45, 2.75) is 4.90 Å². The fourth-order valence-electron chi connectivity index (χ4n) is 1.86. The van der Waals surface area contributed by atoms with Crippen LogP contribution < -0.4 is 5.32 Å². The number of sulfone groups is 1. The van der Waals surface area contributed by atoms with E-state index in [4.69, 9.17) is 16.0 Å². The van der Waals surface area contributed by atoms with Gasteiger partial charge < -0.3 is 4.42 Å². The summed E-state index contributed by atoms with van der Waals surface area (Å²) < 4.78 is 30.6. The SMILES string of the molecule is O=C(CS(=O)(=O)c1ccc(Cl)cc1)Nc1nnc(-c2ccc(Br)s2)o1. The van der Waals surface area contributed by atoms with Gasteiger partial charge in [-0.15, -0.1) is 16.4 Å². The molecule has 0 saturated carbocycles. The summed E-state index contributed by atoms with van der Waals surface area (Å²) in [6.45, 7) is 0. The first-order valence-corrected chi connectivity index (χ1v) is 10.3. The Kier molecular flexibility index (Phi) is 5.23. The number of nitrogens with one attached hydrogen (secondary N) is 1. The van der Waals surface area contributed by atoms with Crippen molar-refractivity contribution < 1.29 is 17.6 Å². The van der Waals surface area contributed by atoms with Crippen LogP contribution in [0.5, 0.6) is 0 Å². The van der Waals surface area contributed by atoms with Crippen LogP contribution >= 0.6 is 38.9 Å². The van der Waals surface area contributed by atoms with Gasteiger partial charge in [0.15, 0.2) is 9.84 Å². The molecule has 2 aromatic heterocycles. The molecule has 0 radical (unpaired) electrons. The van der Waals surface area contributed by atoms with E-state index in [1.165, 1.54) is 35.6 Å². The van der Waals surface area contributed by atoms with Gasteiger partial charge in [-0.1, -0.05) is 16.7 Å². The fraction of sp³-hybridized carbons (Fsp3) is 0.0714. The molecule has 0 unspecified atom stereocenters. The highest BCUT2D eigenvalue weighted by molar-refractivity contribution is 9.11. The number of benzene rings is 1. The Hall–Kier alpha value is -1.75. The van der Waals surface area contributed by atoms with E-state index in [1.54, 1.807) is 6.07 Å². The molecule has 0 saturated heterocycles. The van der Waals surface area contributed by atoms with Crippen molar-refractivity contribution in [2.75, 3.05) is 11.1 Å². The fourth-order valence-corrected chi connectivity index (χ4v) is 4.42. The number of amides is 1. The molecule has 3 rings (SSSR count). The molecule has 1 amide bonds. The highest BCUT2D eigenvalue weighted by Gasteiger charge is 2.21. The predicted molar refractivity (Wildman–Crippen MR) is 97.4 cm³/mol. The lowest BCUT2D eigenvalue weighted by atomic mass is 10.4. The first kappa shape index (κ1) is 18.1.